The van der Waals surface area contributed by atoms with Crippen LogP contribution >= 0.6 is 0 Å². The summed E-state index contributed by atoms with van der Waals surface area (Å²) in [6.45, 7) is 0.616. The van der Waals surface area contributed by atoms with Crippen LogP contribution in [0.5, 0.6) is 5.75 Å². The van der Waals surface area contributed by atoms with Gasteiger partial charge in [0.15, 0.2) is 6.61 Å². The Morgan fingerprint density at radius 1 is 1.14 bits per heavy atom. The van der Waals surface area contributed by atoms with Crippen LogP contribution in [0.3, 0.4) is 0 Å². The third kappa shape index (κ3) is 13.4. The van der Waals surface area contributed by atoms with E-state index in [4.69, 9.17) is 9.47 Å². The molecule has 2 rings (SSSR count). The molecule has 1 aromatic carbocycles. The molecule has 0 bridgehead atoms. The van der Waals surface area contributed by atoms with Crippen molar-refractivity contribution in [1.82, 2.24) is 5.32 Å². The van der Waals surface area contributed by atoms with Gasteiger partial charge in [-0.15, -0.1) is 10.1 Å². The Morgan fingerprint density at radius 3 is 2.57 bits per heavy atom. The lowest BCUT2D eigenvalue weighted by atomic mass is 9.89. The Labute approximate surface area is 243 Å². The Kier molecular flexibility index (Phi) is 14.9. The zero-order valence-electron chi connectivity index (χ0n) is 23.6. The fourth-order valence-corrected chi connectivity index (χ4v) is 4.47. The number of benzene rings is 1. The van der Waals surface area contributed by atoms with Crippen LogP contribution in [0.1, 0.15) is 51.9 Å². The lowest BCUT2D eigenvalue weighted by molar-refractivity contribution is -0.757. The van der Waals surface area contributed by atoms with Gasteiger partial charge in [0.1, 0.15) is 11.8 Å². The summed E-state index contributed by atoms with van der Waals surface area (Å²) in [4.78, 5) is 38.3. The SMILES string of the molecule is CC(NC(=O)CCC/C=C\C[C@@H]1[C@@H](/C=C/C(F)(F)COc2ccccc2)[C@H](O)C[C@@H]1O)C(=O)OCCCCO[N+](=O)[O-]. The first-order valence-corrected chi connectivity index (χ1v) is 14.0. The number of esters is 1. The highest BCUT2D eigenvalue weighted by Gasteiger charge is 2.40. The lowest BCUT2D eigenvalue weighted by Gasteiger charge is -2.20. The normalized spacial score (nSPS) is 21.4. The van der Waals surface area contributed by atoms with E-state index in [0.717, 1.165) is 6.08 Å². The van der Waals surface area contributed by atoms with E-state index in [-0.39, 0.29) is 32.0 Å². The minimum Gasteiger partial charge on any atom is -0.487 e. The van der Waals surface area contributed by atoms with Crippen molar-refractivity contribution in [3.05, 3.63) is 64.8 Å². The van der Waals surface area contributed by atoms with Gasteiger partial charge in [0, 0.05) is 18.8 Å². The fourth-order valence-electron chi connectivity index (χ4n) is 4.47. The first-order valence-electron chi connectivity index (χ1n) is 14.0. The zero-order valence-corrected chi connectivity index (χ0v) is 23.6. The number of halogens is 2. The molecule has 1 aliphatic carbocycles. The van der Waals surface area contributed by atoms with E-state index in [9.17, 15) is 38.7 Å². The number of amides is 1. The smallest absolute Gasteiger partial charge is 0.328 e. The average Bonchev–Trinajstić information content (AvgIpc) is 3.21. The number of alkyl halides is 2. The number of carbonyl (C=O) groups excluding carboxylic acids is 2. The first kappa shape index (κ1) is 34.6. The number of nitrogens with one attached hydrogen (secondary N) is 1. The number of allylic oxidation sites excluding steroid dienone is 2. The van der Waals surface area contributed by atoms with Crippen LogP contribution in [-0.4, -0.2) is 71.2 Å². The monoisotopic (exact) mass is 598 g/mol. The molecule has 3 N–H and O–H groups in total. The highest BCUT2D eigenvalue weighted by molar-refractivity contribution is 5.84. The number of unbranched alkanes of at least 4 members (excludes halogenated alkanes) is 2. The summed E-state index contributed by atoms with van der Waals surface area (Å²) in [7, 11) is 0. The second-order valence-electron chi connectivity index (χ2n) is 10.2. The second kappa shape index (κ2) is 18.1. The van der Waals surface area contributed by atoms with Gasteiger partial charge in [-0.3, -0.25) is 4.79 Å². The van der Waals surface area contributed by atoms with Crippen LogP contribution in [0.4, 0.5) is 8.78 Å². The van der Waals surface area contributed by atoms with Crippen LogP contribution in [0.2, 0.25) is 0 Å². The maximum Gasteiger partial charge on any atom is 0.328 e. The Bertz CT molecular complexity index is 1040. The van der Waals surface area contributed by atoms with E-state index in [1.54, 1.807) is 36.4 Å². The Hall–Kier alpha value is -3.58. The summed E-state index contributed by atoms with van der Waals surface area (Å²) < 4.78 is 38.9. The molecule has 42 heavy (non-hydrogen) atoms. The van der Waals surface area contributed by atoms with Crippen molar-refractivity contribution < 1.29 is 48.0 Å². The Morgan fingerprint density at radius 2 is 1.86 bits per heavy atom. The standard InChI is InChI=1S/C29H40F2N2O9/c1-21(28(37)40-17-9-10-18-42-33(38)39)32-27(36)14-8-3-2-7-13-23-24(26(35)19-25(23)34)15-16-29(30,31)20-41-22-11-5-4-6-12-22/h2,4-7,11-12,15-16,21,23-26,34-35H,3,8-10,13-14,17-20H2,1H3,(H,32,36)/b7-2-,16-15+/t21?,23-,24-,25+,26-/m1/s1. The number of hydrogen-bond donors (Lipinski definition) is 3. The molecule has 1 aromatic rings. The van der Waals surface area contributed by atoms with E-state index >= 15 is 0 Å². The molecule has 1 aliphatic rings. The van der Waals surface area contributed by atoms with Gasteiger partial charge in [0.05, 0.1) is 25.4 Å². The number of para-hydroxylation sites is 1. The number of aliphatic hydroxyl groups excluding tert-OH is 2. The van der Waals surface area contributed by atoms with Crippen molar-refractivity contribution in [2.75, 3.05) is 19.8 Å². The number of aliphatic hydroxyl groups is 2. The molecule has 0 saturated heterocycles. The van der Waals surface area contributed by atoms with Crippen molar-refractivity contribution in [3.8, 4) is 5.75 Å². The maximum atomic E-state index is 14.4. The predicted molar refractivity (Wildman–Crippen MR) is 148 cm³/mol. The molecule has 1 unspecified atom stereocenters. The van der Waals surface area contributed by atoms with E-state index in [2.05, 4.69) is 10.2 Å². The van der Waals surface area contributed by atoms with Gasteiger partial charge in [-0.25, -0.2) is 4.79 Å². The maximum absolute atomic E-state index is 14.4. The van der Waals surface area contributed by atoms with Crippen molar-refractivity contribution in [2.24, 2.45) is 11.8 Å². The molecule has 5 atom stereocenters. The minimum atomic E-state index is -3.26. The van der Waals surface area contributed by atoms with E-state index in [1.807, 2.05) is 6.08 Å². The molecule has 234 valence electrons. The zero-order chi connectivity index (χ0) is 31.0. The third-order valence-corrected chi connectivity index (χ3v) is 6.71. The lowest BCUT2D eigenvalue weighted by Crippen LogP contribution is -2.39. The van der Waals surface area contributed by atoms with Crippen molar-refractivity contribution in [3.63, 3.8) is 0 Å². The van der Waals surface area contributed by atoms with Crippen LogP contribution in [-0.2, 0) is 19.2 Å². The summed E-state index contributed by atoms with van der Waals surface area (Å²) in [5.41, 5.74) is 0. The minimum absolute atomic E-state index is 0.0549. The van der Waals surface area contributed by atoms with Crippen molar-refractivity contribution >= 4 is 11.9 Å². The molecule has 0 heterocycles. The molecule has 0 aromatic heterocycles. The summed E-state index contributed by atoms with van der Waals surface area (Å²) in [6.07, 6.45) is 6.22. The molecular formula is C29H40F2N2O9. The molecular weight excluding hydrogens is 558 g/mol. The Balaban J connectivity index is 1.68. The average molecular weight is 599 g/mol. The molecule has 1 fully saturated rings. The van der Waals surface area contributed by atoms with Gasteiger partial charge < -0.3 is 29.8 Å². The number of nitrogens with zero attached hydrogens (tertiary/aromatic N) is 1. The number of carbonyl (C=O) groups is 2. The summed E-state index contributed by atoms with van der Waals surface area (Å²) in [5, 5.41) is 32.4. The largest absolute Gasteiger partial charge is 0.487 e. The molecule has 1 amide bonds. The molecule has 0 spiro atoms. The highest BCUT2D eigenvalue weighted by atomic mass is 19.3. The first-order chi connectivity index (χ1) is 20.0. The van der Waals surface area contributed by atoms with Gasteiger partial charge in [-0.1, -0.05) is 36.4 Å². The molecule has 0 aliphatic heterocycles. The predicted octanol–water partition coefficient (Wildman–Crippen LogP) is 3.77. The van der Waals surface area contributed by atoms with Crippen molar-refractivity contribution in [2.45, 2.75) is 76.0 Å². The van der Waals surface area contributed by atoms with Crippen LogP contribution < -0.4 is 10.1 Å². The summed E-state index contributed by atoms with van der Waals surface area (Å²) in [6, 6.07) is 7.43. The molecule has 0 radical (unpaired) electrons. The van der Waals surface area contributed by atoms with Gasteiger partial charge in [-0.05, 0) is 63.2 Å². The van der Waals surface area contributed by atoms with E-state index in [0.29, 0.717) is 37.9 Å². The second-order valence-corrected chi connectivity index (χ2v) is 10.2. The summed E-state index contributed by atoms with van der Waals surface area (Å²) in [5.74, 6) is -4.95. The molecule has 1 saturated carbocycles. The fraction of sp³-hybridized carbons (Fsp3) is 0.586. The summed E-state index contributed by atoms with van der Waals surface area (Å²) >= 11 is 0. The van der Waals surface area contributed by atoms with Crippen LogP contribution in [0, 0.1) is 22.0 Å². The number of ether oxygens (including phenoxy) is 2. The third-order valence-electron chi connectivity index (χ3n) is 6.71. The molecule has 13 heteroatoms. The number of hydrogen-bond acceptors (Lipinski definition) is 9. The number of rotatable bonds is 19. The van der Waals surface area contributed by atoms with Gasteiger partial charge in [-0.2, -0.15) is 8.78 Å². The highest BCUT2D eigenvalue weighted by Crippen LogP contribution is 2.37. The van der Waals surface area contributed by atoms with Crippen LogP contribution in [0.25, 0.3) is 0 Å². The van der Waals surface area contributed by atoms with Crippen LogP contribution in [0.15, 0.2) is 54.6 Å². The van der Waals surface area contributed by atoms with Gasteiger partial charge in [0.2, 0.25) is 5.91 Å². The topological polar surface area (TPSA) is 157 Å². The molecule has 11 nitrogen and oxygen atoms in total. The van der Waals surface area contributed by atoms with Gasteiger partial charge in [0.25, 0.3) is 11.0 Å². The quantitative estimate of drug-likeness (QED) is 0.0709. The van der Waals surface area contributed by atoms with Crippen molar-refractivity contribution in [1.29, 1.82) is 0 Å². The van der Waals surface area contributed by atoms with E-state index in [1.165, 1.54) is 13.0 Å². The van der Waals surface area contributed by atoms with E-state index < -0.39 is 53.7 Å². The van der Waals surface area contributed by atoms with Gasteiger partial charge >= 0.3 is 5.97 Å².